The molecule has 0 spiro atoms. The predicted molar refractivity (Wildman–Crippen MR) is 115 cm³/mol. The molecule has 1 aliphatic rings. The van der Waals surface area contributed by atoms with Crippen LogP contribution >= 0.6 is 11.3 Å². The Morgan fingerprint density at radius 2 is 2.03 bits per heavy atom. The normalized spacial score (nSPS) is 13.8. The third kappa shape index (κ3) is 2.91. The van der Waals surface area contributed by atoms with E-state index in [4.69, 9.17) is 5.73 Å². The zero-order valence-corrected chi connectivity index (χ0v) is 17.1. The van der Waals surface area contributed by atoms with Crippen molar-refractivity contribution in [1.82, 2.24) is 14.4 Å². The smallest absolute Gasteiger partial charge is 0.325 e. The number of nitrogens with one attached hydrogen (secondary N) is 1. The zero-order valence-electron chi connectivity index (χ0n) is 16.2. The molecule has 152 valence electrons. The van der Waals surface area contributed by atoms with Crippen LogP contribution in [0.2, 0.25) is 0 Å². The van der Waals surface area contributed by atoms with E-state index in [1.54, 1.807) is 6.92 Å². The van der Waals surface area contributed by atoms with Gasteiger partial charge in [-0.1, -0.05) is 6.07 Å². The fraction of sp³-hybridized carbons (Fsp3) is 0.227. The van der Waals surface area contributed by atoms with Gasteiger partial charge in [-0.05, 0) is 48.8 Å². The van der Waals surface area contributed by atoms with Crippen LogP contribution in [0, 0.1) is 12.7 Å². The molecule has 0 saturated heterocycles. The van der Waals surface area contributed by atoms with Crippen molar-refractivity contribution < 1.29 is 4.39 Å². The molecule has 1 fully saturated rings. The molecule has 8 heteroatoms. The maximum atomic E-state index is 15.3. The van der Waals surface area contributed by atoms with Crippen molar-refractivity contribution in [2.45, 2.75) is 32.2 Å². The second kappa shape index (κ2) is 7.00. The van der Waals surface area contributed by atoms with Crippen molar-refractivity contribution in [3.8, 4) is 22.4 Å². The molecule has 1 aliphatic carbocycles. The third-order valence-electron chi connectivity index (χ3n) is 5.60. The fourth-order valence-electron chi connectivity index (χ4n) is 4.06. The number of nitrogens with two attached hydrogens (primary N) is 1. The van der Waals surface area contributed by atoms with Gasteiger partial charge in [0.2, 0.25) is 0 Å². The number of aryl methyl sites for hydroxylation is 1. The summed E-state index contributed by atoms with van der Waals surface area (Å²) in [7, 11) is 0. The molecule has 0 amide bonds. The molecule has 0 aliphatic heterocycles. The summed E-state index contributed by atoms with van der Waals surface area (Å²) in [5.41, 5.74) is 9.68. The monoisotopic (exact) mass is 422 g/mol. The van der Waals surface area contributed by atoms with Gasteiger partial charge in [0.05, 0.1) is 23.1 Å². The molecular formula is C22H19FN4O2S. The molecule has 6 nitrogen and oxygen atoms in total. The van der Waals surface area contributed by atoms with E-state index in [1.807, 2.05) is 29.0 Å². The number of H-pyrrole nitrogens is 1. The number of hydrogen-bond donors (Lipinski definition) is 2. The number of aromatic nitrogens is 3. The molecule has 0 bridgehead atoms. The van der Waals surface area contributed by atoms with Crippen molar-refractivity contribution in [2.24, 2.45) is 5.73 Å². The van der Waals surface area contributed by atoms with Crippen molar-refractivity contribution in [3.05, 3.63) is 78.6 Å². The van der Waals surface area contributed by atoms with Crippen molar-refractivity contribution in [1.29, 1.82) is 0 Å². The molecule has 1 saturated carbocycles. The van der Waals surface area contributed by atoms with E-state index in [0.717, 1.165) is 24.1 Å². The minimum atomic E-state index is -0.629. The lowest BCUT2D eigenvalue weighted by Gasteiger charge is -2.15. The summed E-state index contributed by atoms with van der Waals surface area (Å²) in [4.78, 5) is 31.8. The molecule has 3 N–H and O–H groups in total. The van der Waals surface area contributed by atoms with E-state index in [2.05, 4.69) is 9.97 Å². The molecule has 30 heavy (non-hydrogen) atoms. The number of hydrogen-bond acceptors (Lipinski definition) is 5. The summed E-state index contributed by atoms with van der Waals surface area (Å²) in [5.74, 6) is -0.420. The Morgan fingerprint density at radius 3 is 2.77 bits per heavy atom. The number of nitrogens with zero attached hydrogens (tertiary/aromatic N) is 2. The summed E-state index contributed by atoms with van der Waals surface area (Å²) < 4.78 is 16.6. The van der Waals surface area contributed by atoms with Crippen LogP contribution < -0.4 is 17.0 Å². The Labute approximate surface area is 174 Å². The van der Waals surface area contributed by atoms with Gasteiger partial charge in [0.1, 0.15) is 5.82 Å². The van der Waals surface area contributed by atoms with Gasteiger partial charge in [-0.2, -0.15) is 11.3 Å². The molecule has 0 aromatic carbocycles. The molecule has 0 atom stereocenters. The predicted octanol–water partition coefficient (Wildman–Crippen LogP) is 3.56. The van der Waals surface area contributed by atoms with Gasteiger partial charge in [-0.25, -0.2) is 9.18 Å². The quantitative estimate of drug-likeness (QED) is 0.526. The van der Waals surface area contributed by atoms with Gasteiger partial charge in [0.15, 0.2) is 0 Å². The van der Waals surface area contributed by atoms with Crippen molar-refractivity contribution in [2.75, 3.05) is 0 Å². The second-order valence-electron chi connectivity index (χ2n) is 7.56. The third-order valence-corrected chi connectivity index (χ3v) is 6.34. The Bertz CT molecular complexity index is 1420. The summed E-state index contributed by atoms with van der Waals surface area (Å²) in [6.07, 6.45) is 2.96. The SMILES string of the molecule is Cc1c(-c2cscc2-c2cccc(CN)n2)c(F)cn2c(=O)[nH]c(=O)c(C3CC3)c12. The van der Waals surface area contributed by atoms with Crippen LogP contribution in [0.1, 0.15) is 35.6 Å². The fourth-order valence-corrected chi connectivity index (χ4v) is 4.89. The Hall–Kier alpha value is -3.10. The first kappa shape index (κ1) is 18.9. The van der Waals surface area contributed by atoms with Crippen LogP contribution in [0.3, 0.4) is 0 Å². The lowest BCUT2D eigenvalue weighted by molar-refractivity contribution is 0.618. The summed E-state index contributed by atoms with van der Waals surface area (Å²) in [6.45, 7) is 2.08. The number of fused-ring (bicyclic) bond motifs is 1. The lowest BCUT2D eigenvalue weighted by atomic mass is 9.95. The van der Waals surface area contributed by atoms with Gasteiger partial charge < -0.3 is 5.73 Å². The summed E-state index contributed by atoms with van der Waals surface area (Å²) in [5, 5.41) is 3.79. The summed E-state index contributed by atoms with van der Waals surface area (Å²) in [6, 6.07) is 5.59. The first-order valence-electron chi connectivity index (χ1n) is 9.70. The number of thiophene rings is 1. The van der Waals surface area contributed by atoms with Gasteiger partial charge in [0.25, 0.3) is 5.56 Å². The van der Waals surface area contributed by atoms with Crippen LogP contribution in [0.15, 0.2) is 44.7 Å². The highest BCUT2D eigenvalue weighted by Crippen LogP contribution is 2.43. The first-order chi connectivity index (χ1) is 14.5. The topological polar surface area (TPSA) is 93.2 Å². The Kier molecular flexibility index (Phi) is 4.41. The standard InChI is InChI=1S/C22H19FN4O2S/c1-11-18(15-10-30-9-14(15)17-4-2-3-13(7-24)25-17)16(23)8-27-20(11)19(12-5-6-12)21(28)26-22(27)29/h2-4,8-10,12H,5-7,24H2,1H3,(H,26,28,29). The number of halogens is 1. The molecule has 4 aromatic heterocycles. The Balaban J connectivity index is 1.82. The highest BCUT2D eigenvalue weighted by atomic mass is 32.1. The molecule has 4 heterocycles. The number of aromatic amines is 1. The average molecular weight is 422 g/mol. The van der Waals surface area contributed by atoms with E-state index in [1.165, 1.54) is 21.9 Å². The highest BCUT2D eigenvalue weighted by Gasteiger charge is 2.31. The van der Waals surface area contributed by atoms with Crippen LogP contribution in [0.5, 0.6) is 0 Å². The van der Waals surface area contributed by atoms with E-state index in [-0.39, 0.29) is 11.5 Å². The van der Waals surface area contributed by atoms with Crippen LogP contribution in [0.25, 0.3) is 27.9 Å². The van der Waals surface area contributed by atoms with Gasteiger partial charge in [0, 0.05) is 34.2 Å². The molecule has 0 radical (unpaired) electrons. The molecule has 5 rings (SSSR count). The lowest BCUT2D eigenvalue weighted by Crippen LogP contribution is -2.29. The summed E-state index contributed by atoms with van der Waals surface area (Å²) >= 11 is 1.45. The van der Waals surface area contributed by atoms with Crippen molar-refractivity contribution >= 4 is 16.9 Å². The van der Waals surface area contributed by atoms with Gasteiger partial charge in [-0.3, -0.25) is 19.2 Å². The number of rotatable bonds is 4. The van der Waals surface area contributed by atoms with Crippen molar-refractivity contribution in [3.63, 3.8) is 0 Å². The maximum absolute atomic E-state index is 15.3. The van der Waals surface area contributed by atoms with E-state index in [9.17, 15) is 9.59 Å². The van der Waals surface area contributed by atoms with Crippen LogP contribution in [0.4, 0.5) is 4.39 Å². The zero-order chi connectivity index (χ0) is 21.0. The highest BCUT2D eigenvalue weighted by molar-refractivity contribution is 7.08. The Morgan fingerprint density at radius 1 is 1.27 bits per heavy atom. The minimum absolute atomic E-state index is 0.103. The second-order valence-corrected chi connectivity index (χ2v) is 8.30. The molecular weight excluding hydrogens is 403 g/mol. The largest absolute Gasteiger partial charge is 0.333 e. The van der Waals surface area contributed by atoms with E-state index < -0.39 is 11.5 Å². The van der Waals surface area contributed by atoms with Gasteiger partial charge >= 0.3 is 5.69 Å². The minimum Gasteiger partial charge on any atom is -0.325 e. The number of pyridine rings is 2. The van der Waals surface area contributed by atoms with E-state index >= 15 is 4.39 Å². The van der Waals surface area contributed by atoms with Crippen LogP contribution in [-0.2, 0) is 6.54 Å². The maximum Gasteiger partial charge on any atom is 0.333 e. The average Bonchev–Trinajstić information content (AvgIpc) is 3.45. The van der Waals surface area contributed by atoms with Gasteiger partial charge in [-0.15, -0.1) is 0 Å². The van der Waals surface area contributed by atoms with E-state index in [0.29, 0.717) is 40.0 Å². The molecule has 4 aromatic rings. The first-order valence-corrected chi connectivity index (χ1v) is 10.6. The molecule has 0 unspecified atom stereocenters. The van der Waals surface area contributed by atoms with Crippen LogP contribution in [-0.4, -0.2) is 14.4 Å².